The monoisotopic (exact) mass is 1220 g/mol. The molecular formula is C75H143NO10. The van der Waals surface area contributed by atoms with Crippen LogP contribution < -0.4 is 5.32 Å². The molecule has 0 bridgehead atoms. The second kappa shape index (κ2) is 63.5. The molecule has 8 N–H and O–H groups in total. The first-order valence-electron chi connectivity index (χ1n) is 37.4. The van der Waals surface area contributed by atoms with E-state index in [1.807, 2.05) is 0 Å². The molecule has 1 fully saturated rings. The lowest BCUT2D eigenvalue weighted by Gasteiger charge is -2.40. The summed E-state index contributed by atoms with van der Waals surface area (Å²) in [4.78, 5) is 13.3. The molecule has 86 heavy (non-hydrogen) atoms. The first-order chi connectivity index (χ1) is 42.2. The molecular weight excluding hydrogens is 1070 g/mol. The van der Waals surface area contributed by atoms with Crippen molar-refractivity contribution >= 4 is 5.91 Å². The average Bonchev–Trinajstić information content (AvgIpc) is 2.54. The van der Waals surface area contributed by atoms with Gasteiger partial charge in [-0.25, -0.2) is 0 Å². The quantitative estimate of drug-likeness (QED) is 0.0215. The normalized spacial score (nSPS) is 18.9. The summed E-state index contributed by atoms with van der Waals surface area (Å²) in [6.45, 7) is 3.50. The van der Waals surface area contributed by atoms with E-state index in [4.69, 9.17) is 9.47 Å². The third-order valence-corrected chi connectivity index (χ3v) is 18.1. The van der Waals surface area contributed by atoms with E-state index >= 15 is 0 Å². The van der Waals surface area contributed by atoms with Crippen molar-refractivity contribution in [2.45, 2.75) is 422 Å². The molecule has 0 aromatic carbocycles. The van der Waals surface area contributed by atoms with Gasteiger partial charge >= 0.3 is 0 Å². The summed E-state index contributed by atoms with van der Waals surface area (Å²) in [5.41, 5.74) is 0. The molecule has 0 aliphatic carbocycles. The molecule has 1 aliphatic heterocycles. The van der Waals surface area contributed by atoms with Crippen LogP contribution in [0.25, 0.3) is 0 Å². The fourth-order valence-electron chi connectivity index (χ4n) is 12.2. The predicted octanol–water partition coefficient (Wildman–Crippen LogP) is 18.5. The summed E-state index contributed by atoms with van der Waals surface area (Å²) >= 11 is 0. The molecule has 11 heteroatoms. The molecule has 0 saturated carbocycles. The summed E-state index contributed by atoms with van der Waals surface area (Å²) in [7, 11) is 0. The largest absolute Gasteiger partial charge is 0.394 e. The topological polar surface area (TPSA) is 189 Å². The number of hydrogen-bond donors (Lipinski definition) is 8. The van der Waals surface area contributed by atoms with E-state index in [0.717, 1.165) is 38.5 Å². The van der Waals surface area contributed by atoms with Gasteiger partial charge in [-0.3, -0.25) is 4.79 Å². The Morgan fingerprint density at radius 2 is 0.698 bits per heavy atom. The number of aliphatic hydroxyl groups is 7. The lowest BCUT2D eigenvalue weighted by Crippen LogP contribution is -2.60. The highest BCUT2D eigenvalue weighted by Crippen LogP contribution is 2.24. The van der Waals surface area contributed by atoms with Crippen LogP contribution >= 0.6 is 0 Å². The standard InChI is InChI=1S/C75H143NO10/c1-3-5-7-9-11-13-15-17-19-21-23-25-27-29-31-32-33-34-35-37-39-41-43-45-47-49-51-53-55-57-59-61-63-68(79)74(84)76-66(65-85-75-73(83)72(82)71(81)69(64-77)86-75)70(80)67(78)62-60-58-56-54-52-50-48-46-44-42-40-38-36-30-28-26-24-22-20-18-16-14-12-10-8-6-4-2/h29,31,46,48,54,56,66-73,75,77-83H,3-28,30,32-45,47,49-53,55,57-65H2,1-2H3,(H,76,84)/b31-29-,48-46+,56-54+. The fraction of sp³-hybridized carbons (Fsp3) is 0.907. The number of ether oxygens (including phenoxy) is 2. The van der Waals surface area contributed by atoms with Gasteiger partial charge in [0.1, 0.15) is 36.6 Å². The van der Waals surface area contributed by atoms with Crippen LogP contribution in [0.1, 0.15) is 367 Å². The van der Waals surface area contributed by atoms with Gasteiger partial charge in [0, 0.05) is 0 Å². The van der Waals surface area contributed by atoms with Gasteiger partial charge in [-0.1, -0.05) is 326 Å². The first kappa shape index (κ1) is 82.3. The second-order valence-corrected chi connectivity index (χ2v) is 26.4. The van der Waals surface area contributed by atoms with E-state index in [9.17, 15) is 40.5 Å². The van der Waals surface area contributed by atoms with Gasteiger partial charge in [0.25, 0.3) is 0 Å². The zero-order valence-corrected chi connectivity index (χ0v) is 56.3. The third kappa shape index (κ3) is 50.0. The Morgan fingerprint density at radius 1 is 0.395 bits per heavy atom. The van der Waals surface area contributed by atoms with Crippen molar-refractivity contribution in [3.8, 4) is 0 Å². The molecule has 1 heterocycles. The highest BCUT2D eigenvalue weighted by atomic mass is 16.7. The Morgan fingerprint density at radius 3 is 1.03 bits per heavy atom. The zero-order valence-electron chi connectivity index (χ0n) is 56.3. The number of aliphatic hydroxyl groups excluding tert-OH is 7. The number of unbranched alkanes of at least 4 members (excludes halogenated alkanes) is 48. The number of amides is 1. The molecule has 0 spiro atoms. The smallest absolute Gasteiger partial charge is 0.249 e. The molecule has 11 nitrogen and oxygen atoms in total. The second-order valence-electron chi connectivity index (χ2n) is 26.4. The van der Waals surface area contributed by atoms with E-state index < -0.39 is 74.2 Å². The fourth-order valence-corrected chi connectivity index (χ4v) is 12.2. The molecule has 508 valence electrons. The summed E-state index contributed by atoms with van der Waals surface area (Å²) in [6, 6.07) is -1.19. The number of carbonyl (C=O) groups excluding carboxylic acids is 1. The Balaban J connectivity index is 2.19. The summed E-state index contributed by atoms with van der Waals surface area (Å²) in [6.07, 6.45) is 71.1. The molecule has 1 rings (SSSR count). The SMILES string of the molecule is CCCCCCCCCCCCCC/C=C\CCCCCCCCCCCCCCCCCCC(O)C(=O)NC(COC1OC(CO)C(O)C(O)C1O)C(O)C(O)CCC/C=C/CC/C=C/CCCCCCCCCCCCCCCCCCCC. The van der Waals surface area contributed by atoms with Gasteiger partial charge in [0.15, 0.2) is 6.29 Å². The van der Waals surface area contributed by atoms with E-state index in [-0.39, 0.29) is 12.8 Å². The minimum atomic E-state index is -1.67. The molecule has 0 radical (unpaired) electrons. The number of carbonyl (C=O) groups is 1. The van der Waals surface area contributed by atoms with Crippen molar-refractivity contribution in [2.75, 3.05) is 13.2 Å². The van der Waals surface area contributed by atoms with Gasteiger partial charge in [0.2, 0.25) is 5.91 Å². The highest BCUT2D eigenvalue weighted by molar-refractivity contribution is 5.80. The van der Waals surface area contributed by atoms with Crippen molar-refractivity contribution in [3.63, 3.8) is 0 Å². The molecule has 1 aliphatic rings. The lowest BCUT2D eigenvalue weighted by atomic mass is 9.98. The number of rotatable bonds is 66. The summed E-state index contributed by atoms with van der Waals surface area (Å²) in [5, 5.41) is 76.6. The van der Waals surface area contributed by atoms with Gasteiger partial charge in [-0.15, -0.1) is 0 Å². The zero-order chi connectivity index (χ0) is 62.4. The van der Waals surface area contributed by atoms with Crippen molar-refractivity contribution in [1.82, 2.24) is 5.32 Å². The van der Waals surface area contributed by atoms with Gasteiger partial charge in [-0.2, -0.15) is 0 Å². The van der Waals surface area contributed by atoms with E-state index in [0.29, 0.717) is 19.3 Å². The van der Waals surface area contributed by atoms with Crippen LogP contribution in [0.15, 0.2) is 36.5 Å². The van der Waals surface area contributed by atoms with Crippen LogP contribution in [0.3, 0.4) is 0 Å². The van der Waals surface area contributed by atoms with Crippen molar-refractivity contribution in [2.24, 2.45) is 0 Å². The maximum absolute atomic E-state index is 13.3. The van der Waals surface area contributed by atoms with Crippen LogP contribution in [-0.4, -0.2) is 110 Å². The number of allylic oxidation sites excluding steroid dienone is 6. The molecule has 9 unspecified atom stereocenters. The Hall–Kier alpha value is -1.67. The highest BCUT2D eigenvalue weighted by Gasteiger charge is 2.44. The van der Waals surface area contributed by atoms with Crippen LogP contribution in [-0.2, 0) is 14.3 Å². The van der Waals surface area contributed by atoms with E-state index in [2.05, 4.69) is 55.6 Å². The predicted molar refractivity (Wildman–Crippen MR) is 362 cm³/mol. The Labute approximate surface area is 530 Å². The van der Waals surface area contributed by atoms with Crippen molar-refractivity contribution in [3.05, 3.63) is 36.5 Å². The minimum absolute atomic E-state index is 0.248. The number of hydrogen-bond acceptors (Lipinski definition) is 10. The van der Waals surface area contributed by atoms with E-state index in [1.165, 1.54) is 283 Å². The molecule has 0 aromatic rings. The van der Waals surface area contributed by atoms with Gasteiger partial charge < -0.3 is 50.5 Å². The third-order valence-electron chi connectivity index (χ3n) is 18.1. The first-order valence-corrected chi connectivity index (χ1v) is 37.4. The molecule has 1 saturated heterocycles. The summed E-state index contributed by atoms with van der Waals surface area (Å²) < 4.78 is 11.2. The van der Waals surface area contributed by atoms with E-state index in [1.54, 1.807) is 0 Å². The molecule has 9 atom stereocenters. The molecule has 1 amide bonds. The van der Waals surface area contributed by atoms with Crippen LogP contribution in [0.5, 0.6) is 0 Å². The maximum atomic E-state index is 13.3. The van der Waals surface area contributed by atoms with Crippen molar-refractivity contribution in [1.29, 1.82) is 0 Å². The number of nitrogens with one attached hydrogen (secondary N) is 1. The van der Waals surface area contributed by atoms with Crippen LogP contribution in [0.4, 0.5) is 0 Å². The lowest BCUT2D eigenvalue weighted by molar-refractivity contribution is -0.303. The maximum Gasteiger partial charge on any atom is 0.249 e. The Bertz CT molecular complexity index is 1490. The Kier molecular flexibility index (Phi) is 60.8. The molecule has 0 aromatic heterocycles. The van der Waals surface area contributed by atoms with Gasteiger partial charge in [-0.05, 0) is 77.0 Å². The average molecular weight is 1220 g/mol. The van der Waals surface area contributed by atoms with Crippen LogP contribution in [0, 0.1) is 0 Å². The van der Waals surface area contributed by atoms with Crippen LogP contribution in [0.2, 0.25) is 0 Å². The summed E-state index contributed by atoms with van der Waals surface area (Å²) in [5.74, 6) is -0.704. The van der Waals surface area contributed by atoms with Crippen molar-refractivity contribution < 1.29 is 50.0 Å². The minimum Gasteiger partial charge on any atom is -0.394 e. The van der Waals surface area contributed by atoms with Gasteiger partial charge in [0.05, 0.1) is 25.4 Å².